The van der Waals surface area contributed by atoms with Crippen molar-refractivity contribution in [1.29, 1.82) is 0 Å². The summed E-state index contributed by atoms with van der Waals surface area (Å²) in [4.78, 5) is 11.8. The van der Waals surface area contributed by atoms with Crippen LogP contribution in [0, 0.1) is 0 Å². The molecule has 21 heavy (non-hydrogen) atoms. The van der Waals surface area contributed by atoms with Crippen molar-refractivity contribution in [3.8, 4) is 5.69 Å². The molecule has 0 bridgehead atoms. The number of rotatable bonds is 8. The predicted molar refractivity (Wildman–Crippen MR) is 82.1 cm³/mol. The van der Waals surface area contributed by atoms with Gasteiger partial charge in [-0.05, 0) is 43.7 Å². The zero-order chi connectivity index (χ0) is 14.9. The van der Waals surface area contributed by atoms with Crippen molar-refractivity contribution in [3.05, 3.63) is 36.7 Å². The van der Waals surface area contributed by atoms with Gasteiger partial charge in [0.2, 0.25) is 5.91 Å². The molecule has 1 aromatic carbocycles. The van der Waals surface area contributed by atoms with Crippen LogP contribution in [0.4, 0.5) is 5.69 Å². The first kappa shape index (κ1) is 15.2. The van der Waals surface area contributed by atoms with Gasteiger partial charge in [-0.15, -0.1) is 5.10 Å². The van der Waals surface area contributed by atoms with Gasteiger partial charge in [0.25, 0.3) is 0 Å². The number of carbonyl (C=O) groups is 1. The van der Waals surface area contributed by atoms with Crippen molar-refractivity contribution in [2.75, 3.05) is 11.9 Å². The number of aromatic nitrogens is 3. The molecule has 0 aliphatic rings. The van der Waals surface area contributed by atoms with Crippen LogP contribution in [0.25, 0.3) is 5.69 Å². The fourth-order valence-corrected chi connectivity index (χ4v) is 2.05. The number of hydrogen-bond donors (Lipinski definition) is 2. The molecule has 6 heteroatoms. The first-order valence-corrected chi connectivity index (χ1v) is 7.26. The van der Waals surface area contributed by atoms with Gasteiger partial charge in [0, 0.05) is 12.1 Å². The Balaban J connectivity index is 1.76. The molecule has 6 nitrogen and oxygen atoms in total. The number of hydrogen-bond acceptors (Lipinski definition) is 4. The number of anilines is 1. The monoisotopic (exact) mass is 287 g/mol. The summed E-state index contributed by atoms with van der Waals surface area (Å²) in [6.07, 6.45) is 8.03. The summed E-state index contributed by atoms with van der Waals surface area (Å²) in [7, 11) is 0. The summed E-state index contributed by atoms with van der Waals surface area (Å²) in [5.74, 6) is 0.0521. The largest absolute Gasteiger partial charge is 0.330 e. The van der Waals surface area contributed by atoms with Crippen LogP contribution in [-0.4, -0.2) is 27.4 Å². The molecule has 3 N–H and O–H groups in total. The summed E-state index contributed by atoms with van der Waals surface area (Å²) in [6.45, 7) is 0.727. The van der Waals surface area contributed by atoms with Gasteiger partial charge < -0.3 is 11.1 Å². The van der Waals surface area contributed by atoms with Gasteiger partial charge in [-0.3, -0.25) is 4.79 Å². The number of nitrogens with zero attached hydrogens (tertiary/aromatic N) is 3. The minimum Gasteiger partial charge on any atom is -0.330 e. The Morgan fingerprint density at radius 3 is 2.57 bits per heavy atom. The molecule has 0 radical (unpaired) electrons. The van der Waals surface area contributed by atoms with Crippen molar-refractivity contribution in [2.24, 2.45) is 5.73 Å². The van der Waals surface area contributed by atoms with Crippen molar-refractivity contribution in [1.82, 2.24) is 15.0 Å². The highest BCUT2D eigenvalue weighted by Gasteiger charge is 2.03. The summed E-state index contributed by atoms with van der Waals surface area (Å²) >= 11 is 0. The zero-order valence-corrected chi connectivity index (χ0v) is 12.0. The highest BCUT2D eigenvalue weighted by molar-refractivity contribution is 5.90. The second-order valence-electron chi connectivity index (χ2n) is 4.90. The fourth-order valence-electron chi connectivity index (χ4n) is 2.05. The Morgan fingerprint density at radius 1 is 1.14 bits per heavy atom. The highest BCUT2D eigenvalue weighted by atomic mass is 16.1. The van der Waals surface area contributed by atoms with E-state index < -0.39 is 0 Å². The van der Waals surface area contributed by atoms with E-state index in [4.69, 9.17) is 5.73 Å². The molecule has 2 rings (SSSR count). The van der Waals surface area contributed by atoms with E-state index in [1.165, 1.54) is 0 Å². The first-order chi connectivity index (χ1) is 10.3. The first-order valence-electron chi connectivity index (χ1n) is 7.26. The third kappa shape index (κ3) is 5.00. The molecular formula is C15H21N5O. The Morgan fingerprint density at radius 2 is 1.90 bits per heavy atom. The molecule has 0 atom stereocenters. The third-order valence-corrected chi connectivity index (χ3v) is 3.20. The Kier molecular flexibility index (Phi) is 5.90. The number of nitrogens with two attached hydrogens (primary N) is 1. The van der Waals surface area contributed by atoms with Crippen LogP contribution in [0.1, 0.15) is 32.1 Å². The molecule has 0 aliphatic heterocycles. The van der Waals surface area contributed by atoms with Gasteiger partial charge in [0.05, 0.1) is 18.1 Å². The van der Waals surface area contributed by atoms with E-state index in [0.29, 0.717) is 6.42 Å². The van der Waals surface area contributed by atoms with Gasteiger partial charge >= 0.3 is 0 Å². The number of unbranched alkanes of at least 4 members (excludes halogenated alkanes) is 3. The van der Waals surface area contributed by atoms with Gasteiger partial charge in [0.15, 0.2) is 0 Å². The molecule has 0 saturated heterocycles. The van der Waals surface area contributed by atoms with Crippen molar-refractivity contribution < 1.29 is 4.79 Å². The van der Waals surface area contributed by atoms with Gasteiger partial charge in [-0.25, -0.2) is 4.68 Å². The van der Waals surface area contributed by atoms with E-state index >= 15 is 0 Å². The number of carbonyl (C=O) groups excluding carboxylic acids is 1. The van der Waals surface area contributed by atoms with Crippen LogP contribution >= 0.6 is 0 Å². The molecule has 0 aliphatic carbocycles. The Labute approximate surface area is 124 Å². The molecule has 0 unspecified atom stereocenters. The molecule has 1 amide bonds. The molecular weight excluding hydrogens is 266 g/mol. The quantitative estimate of drug-likeness (QED) is 0.728. The number of benzene rings is 1. The van der Waals surface area contributed by atoms with Crippen molar-refractivity contribution in [2.45, 2.75) is 32.1 Å². The topological polar surface area (TPSA) is 85.8 Å². The summed E-state index contributed by atoms with van der Waals surface area (Å²) in [5.41, 5.74) is 7.14. The molecule has 1 aromatic heterocycles. The predicted octanol–water partition coefficient (Wildman–Crippen LogP) is 2.12. The second-order valence-corrected chi connectivity index (χ2v) is 4.90. The van der Waals surface area contributed by atoms with E-state index in [1.807, 2.05) is 24.3 Å². The lowest BCUT2D eigenvalue weighted by atomic mass is 10.1. The van der Waals surface area contributed by atoms with E-state index in [2.05, 4.69) is 15.6 Å². The Bertz CT molecular complexity index is 536. The molecule has 0 saturated carbocycles. The molecule has 0 fully saturated rings. The lowest BCUT2D eigenvalue weighted by Crippen LogP contribution is -2.11. The maximum Gasteiger partial charge on any atom is 0.224 e. The van der Waals surface area contributed by atoms with Gasteiger partial charge in [-0.1, -0.05) is 18.1 Å². The highest BCUT2D eigenvalue weighted by Crippen LogP contribution is 2.13. The molecule has 1 heterocycles. The summed E-state index contributed by atoms with van der Waals surface area (Å²) in [6, 6.07) is 7.52. The molecule has 112 valence electrons. The SMILES string of the molecule is NCCCCCCC(=O)Nc1ccc(-n2ccnn2)cc1. The van der Waals surface area contributed by atoms with Crippen LogP contribution in [0.3, 0.4) is 0 Å². The maximum absolute atomic E-state index is 11.8. The lowest BCUT2D eigenvalue weighted by molar-refractivity contribution is -0.116. The van der Waals surface area contributed by atoms with E-state index in [1.54, 1.807) is 17.1 Å². The lowest BCUT2D eigenvalue weighted by Gasteiger charge is -2.06. The third-order valence-electron chi connectivity index (χ3n) is 3.20. The van der Waals surface area contributed by atoms with E-state index in [9.17, 15) is 4.79 Å². The van der Waals surface area contributed by atoms with Crippen LogP contribution in [0.5, 0.6) is 0 Å². The van der Waals surface area contributed by atoms with Crippen LogP contribution in [0.15, 0.2) is 36.7 Å². The maximum atomic E-state index is 11.8. The average Bonchev–Trinajstić information content (AvgIpc) is 3.02. The minimum absolute atomic E-state index is 0.0521. The average molecular weight is 287 g/mol. The van der Waals surface area contributed by atoms with Crippen LogP contribution < -0.4 is 11.1 Å². The fraction of sp³-hybridized carbons (Fsp3) is 0.400. The van der Waals surface area contributed by atoms with Crippen molar-refractivity contribution >= 4 is 11.6 Å². The van der Waals surface area contributed by atoms with E-state index in [-0.39, 0.29) is 5.91 Å². The summed E-state index contributed by atoms with van der Waals surface area (Å²) in [5, 5.41) is 10.6. The number of amides is 1. The second kappa shape index (κ2) is 8.16. The van der Waals surface area contributed by atoms with Crippen LogP contribution in [0.2, 0.25) is 0 Å². The smallest absolute Gasteiger partial charge is 0.224 e. The van der Waals surface area contributed by atoms with Crippen molar-refractivity contribution in [3.63, 3.8) is 0 Å². The van der Waals surface area contributed by atoms with Crippen LogP contribution in [-0.2, 0) is 4.79 Å². The normalized spacial score (nSPS) is 10.5. The zero-order valence-electron chi connectivity index (χ0n) is 12.0. The minimum atomic E-state index is 0.0521. The number of nitrogens with one attached hydrogen (secondary N) is 1. The van der Waals surface area contributed by atoms with Gasteiger partial charge in [-0.2, -0.15) is 0 Å². The standard InChI is InChI=1S/C15H21N5O/c16-10-4-2-1-3-5-15(21)18-13-6-8-14(9-7-13)20-12-11-17-19-20/h6-9,11-12H,1-5,10,16H2,(H,18,21). The Hall–Kier alpha value is -2.21. The summed E-state index contributed by atoms with van der Waals surface area (Å²) < 4.78 is 1.67. The van der Waals surface area contributed by atoms with Gasteiger partial charge in [0.1, 0.15) is 0 Å². The molecule has 2 aromatic rings. The molecule has 0 spiro atoms. The van der Waals surface area contributed by atoms with E-state index in [0.717, 1.165) is 43.6 Å².